The van der Waals surface area contributed by atoms with E-state index in [0.29, 0.717) is 5.41 Å². The van der Waals surface area contributed by atoms with Gasteiger partial charge in [-0.15, -0.1) is 0 Å². The van der Waals surface area contributed by atoms with Crippen molar-refractivity contribution < 1.29 is 0 Å². The molecular formula is C13H22Si. The van der Waals surface area contributed by atoms with E-state index in [4.69, 9.17) is 0 Å². The molecule has 0 N–H and O–H groups in total. The zero-order valence-corrected chi connectivity index (χ0v) is 12.1. The zero-order chi connectivity index (χ0) is 10.8. The molecule has 1 aromatic carbocycles. The summed E-state index contributed by atoms with van der Waals surface area (Å²) in [5.74, 6) is 0. The highest BCUT2D eigenvalue weighted by molar-refractivity contribution is 6.32. The molecule has 1 aromatic rings. The average Bonchev–Trinajstić information content (AvgIpc) is 2.17. The van der Waals surface area contributed by atoms with E-state index in [1.807, 2.05) is 0 Å². The molecule has 1 heteroatoms. The van der Waals surface area contributed by atoms with E-state index in [9.17, 15) is 0 Å². The third kappa shape index (κ3) is 2.09. The molecule has 0 heterocycles. The van der Waals surface area contributed by atoms with E-state index in [-0.39, 0.29) is 0 Å². The van der Waals surface area contributed by atoms with Gasteiger partial charge in [-0.05, 0) is 36.3 Å². The van der Waals surface area contributed by atoms with Crippen molar-refractivity contribution in [1.82, 2.24) is 0 Å². The number of aryl methyl sites for hydroxylation is 1. The summed E-state index contributed by atoms with van der Waals surface area (Å²) in [6.07, 6.45) is 2.45. The summed E-state index contributed by atoms with van der Waals surface area (Å²) in [4.78, 5) is 0. The first-order chi connectivity index (χ1) is 6.53. The van der Waals surface area contributed by atoms with Crippen molar-refractivity contribution in [2.24, 2.45) is 0 Å². The molecule has 0 fully saturated rings. The SMILES string of the molecule is CCC(C)(CC)c1ccc([SiH3])cc1C. The number of hydrogen-bond donors (Lipinski definition) is 0. The lowest BCUT2D eigenvalue weighted by molar-refractivity contribution is 0.437. The molecule has 0 spiro atoms. The maximum absolute atomic E-state index is 2.38. The van der Waals surface area contributed by atoms with Gasteiger partial charge in [0, 0.05) is 10.2 Å². The number of rotatable bonds is 3. The number of benzene rings is 1. The molecule has 0 bridgehead atoms. The first-order valence-electron chi connectivity index (χ1n) is 5.61. The van der Waals surface area contributed by atoms with Crippen LogP contribution >= 0.6 is 0 Å². The van der Waals surface area contributed by atoms with Gasteiger partial charge in [0.1, 0.15) is 0 Å². The van der Waals surface area contributed by atoms with Crippen molar-refractivity contribution >= 4 is 15.4 Å². The van der Waals surface area contributed by atoms with E-state index in [1.165, 1.54) is 23.6 Å². The minimum absolute atomic E-state index is 0.374. The van der Waals surface area contributed by atoms with Gasteiger partial charge in [0.2, 0.25) is 0 Å². The standard InChI is InChI=1S/C13H22Si/c1-5-13(4,6-2)12-8-7-11(14)9-10(12)3/h7-9H,5-6H2,1-4,14H3. The van der Waals surface area contributed by atoms with Crippen molar-refractivity contribution in [3.8, 4) is 0 Å². The monoisotopic (exact) mass is 206 g/mol. The van der Waals surface area contributed by atoms with Crippen LogP contribution in [0.3, 0.4) is 0 Å². The van der Waals surface area contributed by atoms with Crippen LogP contribution in [-0.4, -0.2) is 10.2 Å². The van der Waals surface area contributed by atoms with Crippen LogP contribution in [0.2, 0.25) is 0 Å². The van der Waals surface area contributed by atoms with Gasteiger partial charge < -0.3 is 0 Å². The van der Waals surface area contributed by atoms with E-state index in [0.717, 1.165) is 10.2 Å². The average molecular weight is 206 g/mol. The Bertz CT molecular complexity index is 311. The highest BCUT2D eigenvalue weighted by Gasteiger charge is 2.23. The summed E-state index contributed by atoms with van der Waals surface area (Å²) in [7, 11) is 1.16. The predicted molar refractivity (Wildman–Crippen MR) is 68.7 cm³/mol. The van der Waals surface area contributed by atoms with Crippen LogP contribution in [0.25, 0.3) is 0 Å². The van der Waals surface area contributed by atoms with E-state index in [2.05, 4.69) is 45.9 Å². The Morgan fingerprint density at radius 1 is 1.21 bits per heavy atom. The molecule has 0 atom stereocenters. The van der Waals surface area contributed by atoms with E-state index < -0.39 is 0 Å². The predicted octanol–water partition coefficient (Wildman–Crippen LogP) is 2.06. The molecule has 0 aliphatic rings. The Labute approximate surface area is 91.2 Å². The van der Waals surface area contributed by atoms with Crippen LogP contribution in [0.15, 0.2) is 18.2 Å². The third-order valence-corrected chi connectivity index (χ3v) is 4.21. The first kappa shape index (κ1) is 11.5. The highest BCUT2D eigenvalue weighted by atomic mass is 28.1. The first-order valence-corrected chi connectivity index (χ1v) is 6.61. The Morgan fingerprint density at radius 3 is 2.21 bits per heavy atom. The van der Waals surface area contributed by atoms with Gasteiger partial charge in [-0.25, -0.2) is 0 Å². The summed E-state index contributed by atoms with van der Waals surface area (Å²) in [5.41, 5.74) is 3.39. The molecule has 1 rings (SSSR count). The molecular weight excluding hydrogens is 184 g/mol. The lowest BCUT2D eigenvalue weighted by Crippen LogP contribution is -2.22. The Kier molecular flexibility index (Phi) is 3.54. The van der Waals surface area contributed by atoms with Crippen LogP contribution in [0.4, 0.5) is 0 Å². The van der Waals surface area contributed by atoms with Gasteiger partial charge in [0.05, 0.1) is 0 Å². The summed E-state index contributed by atoms with van der Waals surface area (Å²) in [5, 5.41) is 1.50. The molecule has 0 saturated carbocycles. The molecule has 0 unspecified atom stereocenters. The third-order valence-electron chi connectivity index (χ3n) is 3.59. The fourth-order valence-electron chi connectivity index (χ4n) is 2.12. The van der Waals surface area contributed by atoms with Crippen LogP contribution in [0, 0.1) is 6.92 Å². The summed E-state index contributed by atoms with van der Waals surface area (Å²) in [6.45, 7) is 9.21. The van der Waals surface area contributed by atoms with Crippen LogP contribution in [-0.2, 0) is 5.41 Å². The lowest BCUT2D eigenvalue weighted by Gasteiger charge is -2.29. The molecule has 0 aliphatic heterocycles. The molecule has 0 saturated heterocycles. The molecule has 0 nitrogen and oxygen atoms in total. The smallest absolute Gasteiger partial charge is 0.0385 e. The van der Waals surface area contributed by atoms with Gasteiger partial charge in [-0.2, -0.15) is 0 Å². The molecule has 0 aliphatic carbocycles. The topological polar surface area (TPSA) is 0 Å². The Balaban J connectivity index is 3.17. The van der Waals surface area contributed by atoms with Crippen LogP contribution in [0.5, 0.6) is 0 Å². The largest absolute Gasteiger partial charge is 0.0705 e. The second kappa shape index (κ2) is 4.31. The van der Waals surface area contributed by atoms with E-state index in [1.54, 1.807) is 5.56 Å². The molecule has 0 radical (unpaired) electrons. The highest BCUT2D eigenvalue weighted by Crippen LogP contribution is 2.32. The fourth-order valence-corrected chi connectivity index (χ4v) is 2.72. The minimum atomic E-state index is 0.374. The van der Waals surface area contributed by atoms with Gasteiger partial charge in [-0.1, -0.05) is 44.2 Å². The molecule has 0 aromatic heterocycles. The second-order valence-corrected chi connectivity index (χ2v) is 5.74. The molecule has 0 amide bonds. The second-order valence-electron chi connectivity index (χ2n) is 4.59. The fraction of sp³-hybridized carbons (Fsp3) is 0.538. The van der Waals surface area contributed by atoms with Crippen molar-refractivity contribution in [3.05, 3.63) is 29.3 Å². The number of hydrogen-bond acceptors (Lipinski definition) is 0. The van der Waals surface area contributed by atoms with Crippen molar-refractivity contribution in [2.45, 2.75) is 46.0 Å². The maximum atomic E-state index is 2.38. The summed E-state index contributed by atoms with van der Waals surface area (Å²) >= 11 is 0. The summed E-state index contributed by atoms with van der Waals surface area (Å²) in [6, 6.07) is 6.98. The zero-order valence-electron chi connectivity index (χ0n) is 10.1. The maximum Gasteiger partial charge on any atom is 0.0385 e. The van der Waals surface area contributed by atoms with Crippen molar-refractivity contribution in [3.63, 3.8) is 0 Å². The minimum Gasteiger partial charge on any atom is -0.0705 e. The van der Waals surface area contributed by atoms with Crippen LogP contribution in [0.1, 0.15) is 44.7 Å². The lowest BCUT2D eigenvalue weighted by atomic mass is 9.76. The van der Waals surface area contributed by atoms with Gasteiger partial charge >= 0.3 is 0 Å². The Hall–Kier alpha value is -0.563. The van der Waals surface area contributed by atoms with E-state index >= 15 is 0 Å². The summed E-state index contributed by atoms with van der Waals surface area (Å²) < 4.78 is 0. The van der Waals surface area contributed by atoms with Crippen molar-refractivity contribution in [1.29, 1.82) is 0 Å². The van der Waals surface area contributed by atoms with Gasteiger partial charge in [0.25, 0.3) is 0 Å². The van der Waals surface area contributed by atoms with Crippen LogP contribution < -0.4 is 5.19 Å². The van der Waals surface area contributed by atoms with Crippen molar-refractivity contribution in [2.75, 3.05) is 0 Å². The molecule has 78 valence electrons. The van der Waals surface area contributed by atoms with Gasteiger partial charge in [0.15, 0.2) is 0 Å². The Morgan fingerprint density at radius 2 is 1.79 bits per heavy atom. The normalized spacial score (nSPS) is 12.0. The van der Waals surface area contributed by atoms with Gasteiger partial charge in [-0.3, -0.25) is 0 Å². The molecule has 14 heavy (non-hydrogen) atoms. The quantitative estimate of drug-likeness (QED) is 0.664.